The molecule has 0 amide bonds. The van der Waals surface area contributed by atoms with Crippen molar-refractivity contribution >= 4 is 0 Å². The van der Waals surface area contributed by atoms with Crippen molar-refractivity contribution in [2.45, 2.75) is 64.7 Å². The van der Waals surface area contributed by atoms with Crippen LogP contribution in [0.1, 0.15) is 69.6 Å². The molecule has 0 radical (unpaired) electrons. The standard InChI is InChI=1S/C20H28O2/c1-12(2)15-5-8-18-16(19(15)22)6-7-17-13(3)14(11-21)9-10-20(17,18)4/h5,8,12,17,21-22H,6-7,9-11H2,1-4H3/t17-,20-/m0/s1. The lowest BCUT2D eigenvalue weighted by Crippen LogP contribution is -2.40. The first-order valence-electron chi connectivity index (χ1n) is 8.54. The summed E-state index contributed by atoms with van der Waals surface area (Å²) in [6.07, 6.45) is 4.06. The van der Waals surface area contributed by atoms with Gasteiger partial charge in [0, 0.05) is 0 Å². The van der Waals surface area contributed by atoms with Gasteiger partial charge in [0.25, 0.3) is 0 Å². The number of benzene rings is 1. The summed E-state index contributed by atoms with van der Waals surface area (Å²) in [5.41, 5.74) is 6.29. The Kier molecular flexibility index (Phi) is 3.84. The van der Waals surface area contributed by atoms with E-state index in [1.807, 2.05) is 0 Å². The number of hydrogen-bond acceptors (Lipinski definition) is 2. The summed E-state index contributed by atoms with van der Waals surface area (Å²) in [4.78, 5) is 0. The first-order valence-corrected chi connectivity index (χ1v) is 8.54. The Morgan fingerprint density at radius 1 is 1.27 bits per heavy atom. The quantitative estimate of drug-likeness (QED) is 0.793. The second-order valence-corrected chi connectivity index (χ2v) is 7.64. The Balaban J connectivity index is 2.12. The molecule has 0 heterocycles. The zero-order valence-electron chi connectivity index (χ0n) is 14.2. The normalized spacial score (nSPS) is 27.8. The van der Waals surface area contributed by atoms with Crippen molar-refractivity contribution in [3.05, 3.63) is 40.0 Å². The molecule has 1 aromatic carbocycles. The van der Waals surface area contributed by atoms with Gasteiger partial charge in [-0.15, -0.1) is 0 Å². The highest BCUT2D eigenvalue weighted by Gasteiger charge is 2.44. The molecule has 1 aromatic rings. The van der Waals surface area contributed by atoms with E-state index >= 15 is 0 Å². The minimum absolute atomic E-state index is 0.101. The van der Waals surface area contributed by atoms with Crippen molar-refractivity contribution in [2.24, 2.45) is 5.92 Å². The third kappa shape index (κ3) is 2.11. The van der Waals surface area contributed by atoms with Crippen LogP contribution >= 0.6 is 0 Å². The average molecular weight is 300 g/mol. The molecule has 2 aliphatic rings. The molecule has 3 rings (SSSR count). The van der Waals surface area contributed by atoms with Crippen LogP contribution < -0.4 is 0 Å². The van der Waals surface area contributed by atoms with Gasteiger partial charge in [0.2, 0.25) is 0 Å². The van der Waals surface area contributed by atoms with E-state index in [0.29, 0.717) is 17.6 Å². The highest BCUT2D eigenvalue weighted by atomic mass is 16.3. The first kappa shape index (κ1) is 15.6. The fourth-order valence-electron chi connectivity index (χ4n) is 4.76. The zero-order chi connectivity index (χ0) is 16.1. The Bertz CT molecular complexity index is 627. The predicted molar refractivity (Wildman–Crippen MR) is 90.4 cm³/mol. The van der Waals surface area contributed by atoms with Crippen LogP contribution in [0.4, 0.5) is 0 Å². The smallest absolute Gasteiger partial charge is 0.122 e. The maximum atomic E-state index is 10.7. The molecular formula is C20H28O2. The van der Waals surface area contributed by atoms with Crippen LogP contribution in [0.2, 0.25) is 0 Å². The molecule has 0 aliphatic heterocycles. The van der Waals surface area contributed by atoms with Crippen molar-refractivity contribution in [1.82, 2.24) is 0 Å². The van der Waals surface area contributed by atoms with Crippen molar-refractivity contribution < 1.29 is 10.2 Å². The molecule has 0 bridgehead atoms. The van der Waals surface area contributed by atoms with E-state index < -0.39 is 0 Å². The van der Waals surface area contributed by atoms with Gasteiger partial charge in [0.1, 0.15) is 5.75 Å². The molecular weight excluding hydrogens is 272 g/mol. The number of fused-ring (bicyclic) bond motifs is 3. The fraction of sp³-hybridized carbons (Fsp3) is 0.600. The highest BCUT2D eigenvalue weighted by molar-refractivity contribution is 5.53. The van der Waals surface area contributed by atoms with Gasteiger partial charge in [0.15, 0.2) is 0 Å². The molecule has 120 valence electrons. The second-order valence-electron chi connectivity index (χ2n) is 7.64. The summed E-state index contributed by atoms with van der Waals surface area (Å²) in [6.45, 7) is 9.01. The summed E-state index contributed by atoms with van der Waals surface area (Å²) < 4.78 is 0. The highest BCUT2D eigenvalue weighted by Crippen LogP contribution is 2.53. The summed E-state index contributed by atoms with van der Waals surface area (Å²) >= 11 is 0. The number of aliphatic hydroxyl groups excluding tert-OH is 1. The van der Waals surface area contributed by atoms with Crippen molar-refractivity contribution in [3.8, 4) is 5.75 Å². The van der Waals surface area contributed by atoms with Crippen LogP contribution in [0.15, 0.2) is 23.3 Å². The third-order valence-electron chi connectivity index (χ3n) is 6.22. The van der Waals surface area contributed by atoms with E-state index in [2.05, 4.69) is 39.8 Å². The number of aliphatic hydroxyl groups is 1. The average Bonchev–Trinajstić information content (AvgIpc) is 2.48. The fourth-order valence-corrected chi connectivity index (χ4v) is 4.76. The van der Waals surface area contributed by atoms with Crippen LogP contribution in [-0.4, -0.2) is 16.8 Å². The lowest BCUT2D eigenvalue weighted by molar-refractivity contribution is 0.236. The lowest BCUT2D eigenvalue weighted by atomic mass is 9.56. The van der Waals surface area contributed by atoms with Crippen molar-refractivity contribution in [2.75, 3.05) is 6.61 Å². The molecule has 0 saturated heterocycles. The third-order valence-corrected chi connectivity index (χ3v) is 6.22. The Morgan fingerprint density at radius 2 is 2.00 bits per heavy atom. The molecule has 0 unspecified atom stereocenters. The van der Waals surface area contributed by atoms with Crippen LogP contribution in [0, 0.1) is 5.92 Å². The molecule has 22 heavy (non-hydrogen) atoms. The second kappa shape index (κ2) is 5.42. The van der Waals surface area contributed by atoms with Crippen LogP contribution in [0.25, 0.3) is 0 Å². The van der Waals surface area contributed by atoms with Crippen LogP contribution in [0.5, 0.6) is 5.75 Å². The number of rotatable bonds is 2. The Morgan fingerprint density at radius 3 is 2.64 bits per heavy atom. The molecule has 0 aromatic heterocycles. The lowest BCUT2D eigenvalue weighted by Gasteiger charge is -2.48. The molecule has 0 spiro atoms. The van der Waals surface area contributed by atoms with Gasteiger partial charge < -0.3 is 10.2 Å². The molecule has 2 aliphatic carbocycles. The van der Waals surface area contributed by atoms with Gasteiger partial charge in [-0.05, 0) is 72.1 Å². The van der Waals surface area contributed by atoms with Crippen LogP contribution in [0.3, 0.4) is 0 Å². The van der Waals surface area contributed by atoms with Crippen molar-refractivity contribution in [1.29, 1.82) is 0 Å². The van der Waals surface area contributed by atoms with E-state index in [9.17, 15) is 10.2 Å². The number of hydrogen-bond donors (Lipinski definition) is 2. The summed E-state index contributed by atoms with van der Waals surface area (Å²) in [5.74, 6) is 1.38. The van der Waals surface area contributed by atoms with E-state index in [1.54, 1.807) is 0 Å². The molecule has 0 fully saturated rings. The largest absolute Gasteiger partial charge is 0.507 e. The number of phenolic OH excluding ortho intramolecular Hbond substituents is 1. The van der Waals surface area contributed by atoms with Gasteiger partial charge in [-0.3, -0.25) is 0 Å². The monoisotopic (exact) mass is 300 g/mol. The van der Waals surface area contributed by atoms with Gasteiger partial charge in [-0.1, -0.05) is 38.5 Å². The Labute approximate surface area is 133 Å². The molecule has 0 saturated carbocycles. The summed E-state index contributed by atoms with van der Waals surface area (Å²) in [6, 6.07) is 4.38. The maximum absolute atomic E-state index is 10.7. The molecule has 2 atom stereocenters. The van der Waals surface area contributed by atoms with E-state index in [-0.39, 0.29) is 12.0 Å². The number of aromatic hydroxyl groups is 1. The molecule has 2 nitrogen and oxygen atoms in total. The van der Waals surface area contributed by atoms with E-state index in [4.69, 9.17) is 0 Å². The van der Waals surface area contributed by atoms with Crippen LogP contribution in [-0.2, 0) is 11.8 Å². The van der Waals surface area contributed by atoms with E-state index in [1.165, 1.54) is 22.3 Å². The van der Waals surface area contributed by atoms with Gasteiger partial charge in [-0.2, -0.15) is 0 Å². The predicted octanol–water partition coefficient (Wildman–Crippen LogP) is 4.44. The minimum Gasteiger partial charge on any atom is -0.507 e. The molecule has 2 heteroatoms. The first-order chi connectivity index (χ1) is 10.4. The van der Waals surface area contributed by atoms with Gasteiger partial charge >= 0.3 is 0 Å². The van der Waals surface area contributed by atoms with E-state index in [0.717, 1.165) is 31.2 Å². The maximum Gasteiger partial charge on any atom is 0.122 e. The summed E-state index contributed by atoms with van der Waals surface area (Å²) in [7, 11) is 0. The van der Waals surface area contributed by atoms with Gasteiger partial charge in [0.05, 0.1) is 6.61 Å². The van der Waals surface area contributed by atoms with Crippen molar-refractivity contribution in [3.63, 3.8) is 0 Å². The minimum atomic E-state index is 0.101. The van der Waals surface area contributed by atoms with Gasteiger partial charge in [-0.25, -0.2) is 0 Å². The molecule has 2 N–H and O–H groups in total. The topological polar surface area (TPSA) is 40.5 Å². The zero-order valence-corrected chi connectivity index (χ0v) is 14.2. The summed E-state index contributed by atoms with van der Waals surface area (Å²) in [5, 5.41) is 20.3. The SMILES string of the molecule is CC1=C(CO)CC[C@]2(C)c3ccc(C(C)C)c(O)c3CC[C@@H]12. The number of phenols is 1. The Hall–Kier alpha value is -1.28. The number of allylic oxidation sites excluding steroid dienone is 1.